The van der Waals surface area contributed by atoms with Gasteiger partial charge >= 0.3 is 11.8 Å². The molecule has 3 aromatic rings. The van der Waals surface area contributed by atoms with Crippen molar-refractivity contribution in [1.82, 2.24) is 29.9 Å². The highest BCUT2D eigenvalue weighted by atomic mass is 16.2. The molecule has 0 bridgehead atoms. The number of pyridine rings is 1. The molecule has 1 aliphatic rings. The van der Waals surface area contributed by atoms with Gasteiger partial charge in [0.1, 0.15) is 11.6 Å². The molecular formula is C20H24N8O2. The van der Waals surface area contributed by atoms with Crippen LogP contribution in [-0.2, 0) is 16.0 Å². The Kier molecular flexibility index (Phi) is 5.46. The zero-order valence-electron chi connectivity index (χ0n) is 16.7. The third-order valence-electron chi connectivity index (χ3n) is 5.28. The molecule has 1 fully saturated rings. The van der Waals surface area contributed by atoms with Crippen LogP contribution in [-0.4, -0.2) is 48.2 Å². The van der Waals surface area contributed by atoms with Gasteiger partial charge < -0.3 is 16.0 Å². The van der Waals surface area contributed by atoms with E-state index in [2.05, 4.69) is 25.6 Å². The van der Waals surface area contributed by atoms with E-state index in [1.54, 1.807) is 27.9 Å². The summed E-state index contributed by atoms with van der Waals surface area (Å²) in [6.07, 6.45) is 8.17. The number of nitrogen functional groups attached to an aromatic ring is 1. The van der Waals surface area contributed by atoms with Gasteiger partial charge in [-0.15, -0.1) is 0 Å². The van der Waals surface area contributed by atoms with Crippen LogP contribution in [0.3, 0.4) is 0 Å². The molecule has 0 saturated carbocycles. The number of amides is 2. The lowest BCUT2D eigenvalue weighted by molar-refractivity contribution is -0.146. The maximum atomic E-state index is 13.0. The van der Waals surface area contributed by atoms with Crippen molar-refractivity contribution < 1.29 is 9.59 Å². The zero-order chi connectivity index (χ0) is 21.1. The fraction of sp³-hybridized carbons (Fsp3) is 0.350. The summed E-state index contributed by atoms with van der Waals surface area (Å²) in [7, 11) is 0. The van der Waals surface area contributed by atoms with Gasteiger partial charge in [0.15, 0.2) is 0 Å². The number of carbonyl (C=O) groups is 2. The summed E-state index contributed by atoms with van der Waals surface area (Å²) >= 11 is 0. The van der Waals surface area contributed by atoms with Crippen molar-refractivity contribution in [2.75, 3.05) is 17.6 Å². The number of H-pyrrole nitrogens is 1. The first-order chi connectivity index (χ1) is 14.6. The molecule has 30 heavy (non-hydrogen) atoms. The Morgan fingerprint density at radius 2 is 2.20 bits per heavy atom. The number of aromatic nitrogens is 5. The molecule has 1 saturated heterocycles. The van der Waals surface area contributed by atoms with Crippen molar-refractivity contribution >= 4 is 23.3 Å². The van der Waals surface area contributed by atoms with Crippen LogP contribution in [0.2, 0.25) is 0 Å². The third-order valence-corrected chi connectivity index (χ3v) is 5.28. The molecule has 0 aliphatic carbocycles. The minimum absolute atomic E-state index is 0.253. The predicted octanol–water partition coefficient (Wildman–Crippen LogP) is 1.83. The SMILES string of the molecule is CCc1cc(NC(=O)C(=O)N2CCCC[C@H]2c2ccn(-c3ccn[nH]3)n2)cnc1N. The molecule has 1 atom stereocenters. The Hall–Kier alpha value is -3.69. The molecule has 2 amide bonds. The minimum atomic E-state index is -0.691. The van der Waals surface area contributed by atoms with E-state index in [0.29, 0.717) is 24.5 Å². The molecule has 0 spiro atoms. The Morgan fingerprint density at radius 1 is 1.33 bits per heavy atom. The summed E-state index contributed by atoms with van der Waals surface area (Å²) in [5, 5.41) is 14.0. The number of aromatic amines is 1. The second-order valence-electron chi connectivity index (χ2n) is 7.21. The second-order valence-corrected chi connectivity index (χ2v) is 7.21. The molecule has 156 valence electrons. The van der Waals surface area contributed by atoms with Gasteiger partial charge in [-0.25, -0.2) is 9.67 Å². The largest absolute Gasteiger partial charge is 0.383 e. The van der Waals surface area contributed by atoms with Gasteiger partial charge in [-0.1, -0.05) is 6.92 Å². The number of carbonyl (C=O) groups excluding carboxylic acids is 2. The molecular weight excluding hydrogens is 384 g/mol. The molecule has 10 heteroatoms. The summed E-state index contributed by atoms with van der Waals surface area (Å²) in [6, 6.07) is 5.16. The number of nitrogens with two attached hydrogens (primary N) is 1. The van der Waals surface area contributed by atoms with E-state index in [9.17, 15) is 9.59 Å². The van der Waals surface area contributed by atoms with Gasteiger partial charge in [0.25, 0.3) is 0 Å². The van der Waals surface area contributed by atoms with Gasteiger partial charge in [-0.3, -0.25) is 14.7 Å². The Morgan fingerprint density at radius 3 is 2.97 bits per heavy atom. The van der Waals surface area contributed by atoms with Crippen molar-refractivity contribution in [3.05, 3.63) is 48.0 Å². The molecule has 10 nitrogen and oxygen atoms in total. The number of likely N-dealkylation sites (tertiary alicyclic amines) is 1. The molecule has 0 aromatic carbocycles. The lowest BCUT2D eigenvalue weighted by Crippen LogP contribution is -2.44. The van der Waals surface area contributed by atoms with Crippen molar-refractivity contribution in [2.24, 2.45) is 0 Å². The van der Waals surface area contributed by atoms with E-state index < -0.39 is 11.8 Å². The highest BCUT2D eigenvalue weighted by Gasteiger charge is 2.33. The maximum absolute atomic E-state index is 13.0. The maximum Gasteiger partial charge on any atom is 0.313 e. The van der Waals surface area contributed by atoms with E-state index in [0.717, 1.165) is 36.3 Å². The number of anilines is 2. The zero-order valence-corrected chi connectivity index (χ0v) is 16.7. The topological polar surface area (TPSA) is 135 Å². The lowest BCUT2D eigenvalue weighted by Gasteiger charge is -2.34. The van der Waals surface area contributed by atoms with E-state index in [-0.39, 0.29) is 6.04 Å². The monoisotopic (exact) mass is 408 g/mol. The third kappa shape index (κ3) is 3.88. The summed E-state index contributed by atoms with van der Waals surface area (Å²) in [6.45, 7) is 2.46. The van der Waals surface area contributed by atoms with Crippen LogP contribution < -0.4 is 11.1 Å². The van der Waals surface area contributed by atoms with E-state index >= 15 is 0 Å². The number of rotatable bonds is 4. The highest BCUT2D eigenvalue weighted by Crippen LogP contribution is 2.30. The first-order valence-electron chi connectivity index (χ1n) is 9.98. The number of nitrogens with zero attached hydrogens (tertiary/aromatic N) is 5. The van der Waals surface area contributed by atoms with Crippen LogP contribution in [0, 0.1) is 0 Å². The average molecular weight is 408 g/mol. The van der Waals surface area contributed by atoms with E-state index in [4.69, 9.17) is 5.73 Å². The predicted molar refractivity (Wildman–Crippen MR) is 111 cm³/mol. The first-order valence-corrected chi connectivity index (χ1v) is 9.98. The number of piperidine rings is 1. The van der Waals surface area contributed by atoms with Crippen LogP contribution >= 0.6 is 0 Å². The second kappa shape index (κ2) is 8.36. The van der Waals surface area contributed by atoms with Crippen molar-refractivity contribution in [1.29, 1.82) is 0 Å². The molecule has 4 N–H and O–H groups in total. The molecule has 4 rings (SSSR count). The number of nitrogens with one attached hydrogen (secondary N) is 2. The Labute approximate surface area is 173 Å². The molecule has 0 radical (unpaired) electrons. The Bertz CT molecular complexity index is 1040. The van der Waals surface area contributed by atoms with Crippen LogP contribution in [0.15, 0.2) is 36.8 Å². The number of aryl methyl sites for hydroxylation is 1. The normalized spacial score (nSPS) is 16.4. The van der Waals surface area contributed by atoms with Crippen molar-refractivity contribution in [2.45, 2.75) is 38.6 Å². The van der Waals surface area contributed by atoms with Crippen LogP contribution in [0.5, 0.6) is 0 Å². The minimum Gasteiger partial charge on any atom is -0.383 e. The number of hydrogen-bond donors (Lipinski definition) is 3. The van der Waals surface area contributed by atoms with E-state index in [1.807, 2.05) is 19.2 Å². The summed E-state index contributed by atoms with van der Waals surface area (Å²) in [5.41, 5.74) is 7.83. The molecule has 3 aromatic heterocycles. The smallest absolute Gasteiger partial charge is 0.313 e. The van der Waals surface area contributed by atoms with Crippen molar-refractivity contribution in [3.8, 4) is 5.82 Å². The fourth-order valence-corrected chi connectivity index (χ4v) is 3.70. The van der Waals surface area contributed by atoms with Crippen molar-refractivity contribution in [3.63, 3.8) is 0 Å². The van der Waals surface area contributed by atoms with Crippen LogP contribution in [0.4, 0.5) is 11.5 Å². The van der Waals surface area contributed by atoms with Gasteiger partial charge in [0.05, 0.1) is 29.8 Å². The Balaban J connectivity index is 1.51. The first kappa shape index (κ1) is 19.6. The quantitative estimate of drug-likeness (QED) is 0.564. The molecule has 1 aliphatic heterocycles. The van der Waals surface area contributed by atoms with Gasteiger partial charge in [0, 0.05) is 18.8 Å². The number of hydrogen-bond acceptors (Lipinski definition) is 6. The summed E-state index contributed by atoms with van der Waals surface area (Å²) < 4.78 is 1.67. The standard InChI is InChI=1S/C20H24N8O2/c1-2-13-11-14(12-22-18(13)21)24-19(29)20(30)27-9-4-3-5-16(27)15-7-10-28(26-15)17-6-8-23-25-17/h6-8,10-12,16H,2-5,9H2,1H3,(H2,21,22)(H,23,25)(H,24,29)/t16-/m0/s1. The van der Waals surface area contributed by atoms with Crippen LogP contribution in [0.25, 0.3) is 5.82 Å². The average Bonchev–Trinajstić information content (AvgIpc) is 3.46. The molecule has 4 heterocycles. The van der Waals surface area contributed by atoms with Gasteiger partial charge in [-0.05, 0) is 43.4 Å². The van der Waals surface area contributed by atoms with Crippen LogP contribution in [0.1, 0.15) is 43.5 Å². The summed E-state index contributed by atoms with van der Waals surface area (Å²) in [5.74, 6) is -0.116. The summed E-state index contributed by atoms with van der Waals surface area (Å²) in [4.78, 5) is 31.3. The van der Waals surface area contributed by atoms with Gasteiger partial charge in [-0.2, -0.15) is 10.2 Å². The highest BCUT2D eigenvalue weighted by molar-refractivity contribution is 6.39. The van der Waals surface area contributed by atoms with Gasteiger partial charge in [0.2, 0.25) is 0 Å². The molecule has 0 unspecified atom stereocenters. The lowest BCUT2D eigenvalue weighted by atomic mass is 9.99. The fourth-order valence-electron chi connectivity index (χ4n) is 3.70. The van der Waals surface area contributed by atoms with E-state index in [1.165, 1.54) is 6.20 Å².